The Labute approximate surface area is 90.4 Å². The van der Waals surface area contributed by atoms with Crippen molar-refractivity contribution in [3.63, 3.8) is 0 Å². The Bertz CT molecular complexity index is 321. The first-order chi connectivity index (χ1) is 7.22. The van der Waals surface area contributed by atoms with Crippen LogP contribution in [0.1, 0.15) is 38.0 Å². The molecule has 4 nitrogen and oxygen atoms in total. The van der Waals surface area contributed by atoms with E-state index in [9.17, 15) is 0 Å². The molecule has 0 spiro atoms. The van der Waals surface area contributed by atoms with Crippen molar-refractivity contribution in [3.8, 4) is 0 Å². The summed E-state index contributed by atoms with van der Waals surface area (Å²) in [6, 6.07) is 0.400. The van der Waals surface area contributed by atoms with E-state index in [0.29, 0.717) is 18.5 Å². The Morgan fingerprint density at radius 1 is 1.67 bits per heavy atom. The second kappa shape index (κ2) is 4.33. The second-order valence-electron chi connectivity index (χ2n) is 4.42. The molecule has 1 aliphatic rings. The van der Waals surface area contributed by atoms with Gasteiger partial charge in [-0.15, -0.1) is 0 Å². The molecular formula is C11H19N3O. The molecule has 4 heteroatoms. The van der Waals surface area contributed by atoms with Crippen LogP contribution < -0.4 is 5.73 Å². The van der Waals surface area contributed by atoms with E-state index in [1.54, 1.807) is 0 Å². The lowest BCUT2D eigenvalue weighted by molar-refractivity contribution is 0.0924. The number of hydrogen-bond donors (Lipinski definition) is 1. The van der Waals surface area contributed by atoms with Crippen LogP contribution in [-0.2, 0) is 4.74 Å². The van der Waals surface area contributed by atoms with Gasteiger partial charge in [-0.1, -0.05) is 0 Å². The molecular weight excluding hydrogens is 190 g/mol. The summed E-state index contributed by atoms with van der Waals surface area (Å²) < 4.78 is 7.67. The standard InChI is InChI=1S/C11H19N3O/c1-8(2)14-7-10(6-13-14)11-9(5-12)3-4-15-11/h6-9,11H,3-5,12H2,1-2H3. The first-order valence-corrected chi connectivity index (χ1v) is 5.58. The van der Waals surface area contributed by atoms with Gasteiger partial charge in [0.15, 0.2) is 0 Å². The SMILES string of the molecule is CC(C)n1cc(C2OCCC2CN)cn1. The second-order valence-corrected chi connectivity index (χ2v) is 4.42. The van der Waals surface area contributed by atoms with E-state index in [4.69, 9.17) is 10.5 Å². The maximum absolute atomic E-state index is 5.72. The molecule has 2 atom stereocenters. The molecule has 1 fully saturated rings. The highest BCUT2D eigenvalue weighted by atomic mass is 16.5. The molecule has 0 bridgehead atoms. The summed E-state index contributed by atoms with van der Waals surface area (Å²) in [5.41, 5.74) is 6.88. The van der Waals surface area contributed by atoms with Gasteiger partial charge in [0.05, 0.1) is 12.3 Å². The van der Waals surface area contributed by atoms with Gasteiger partial charge < -0.3 is 10.5 Å². The van der Waals surface area contributed by atoms with Crippen molar-refractivity contribution in [1.82, 2.24) is 9.78 Å². The number of hydrogen-bond acceptors (Lipinski definition) is 3. The predicted molar refractivity (Wildman–Crippen MR) is 58.5 cm³/mol. The minimum Gasteiger partial charge on any atom is -0.373 e. The molecule has 0 radical (unpaired) electrons. The summed E-state index contributed by atoms with van der Waals surface area (Å²) in [5.74, 6) is 0.454. The average Bonchev–Trinajstić information content (AvgIpc) is 2.85. The van der Waals surface area contributed by atoms with E-state index in [1.807, 2.05) is 10.9 Å². The molecule has 0 amide bonds. The van der Waals surface area contributed by atoms with Gasteiger partial charge in [-0.05, 0) is 26.8 Å². The molecule has 2 N–H and O–H groups in total. The lowest BCUT2D eigenvalue weighted by atomic mass is 9.98. The normalized spacial score (nSPS) is 26.4. The fourth-order valence-corrected chi connectivity index (χ4v) is 2.03. The van der Waals surface area contributed by atoms with Crippen LogP contribution in [0.5, 0.6) is 0 Å². The largest absolute Gasteiger partial charge is 0.373 e. The van der Waals surface area contributed by atoms with Crippen LogP contribution in [0, 0.1) is 5.92 Å². The molecule has 0 saturated carbocycles. The Balaban J connectivity index is 2.14. The monoisotopic (exact) mass is 209 g/mol. The summed E-state index contributed by atoms with van der Waals surface area (Å²) in [4.78, 5) is 0. The van der Waals surface area contributed by atoms with Crippen molar-refractivity contribution in [3.05, 3.63) is 18.0 Å². The third kappa shape index (κ3) is 2.06. The highest BCUT2D eigenvalue weighted by Crippen LogP contribution is 2.33. The third-order valence-corrected chi connectivity index (χ3v) is 3.00. The van der Waals surface area contributed by atoms with Gasteiger partial charge in [-0.2, -0.15) is 5.10 Å². The molecule has 15 heavy (non-hydrogen) atoms. The smallest absolute Gasteiger partial charge is 0.0896 e. The Hall–Kier alpha value is -0.870. The average molecular weight is 209 g/mol. The van der Waals surface area contributed by atoms with Crippen molar-refractivity contribution in [2.75, 3.05) is 13.2 Å². The molecule has 84 valence electrons. The van der Waals surface area contributed by atoms with E-state index < -0.39 is 0 Å². The summed E-state index contributed by atoms with van der Waals surface area (Å²) in [6.45, 7) is 5.75. The number of aromatic nitrogens is 2. The number of nitrogens with two attached hydrogens (primary N) is 1. The Kier molecular flexibility index (Phi) is 3.07. The highest BCUT2D eigenvalue weighted by molar-refractivity contribution is 5.11. The maximum atomic E-state index is 5.72. The van der Waals surface area contributed by atoms with Crippen LogP contribution in [0.4, 0.5) is 0 Å². The van der Waals surface area contributed by atoms with Gasteiger partial charge in [0.25, 0.3) is 0 Å². The number of ether oxygens (including phenoxy) is 1. The van der Waals surface area contributed by atoms with Gasteiger partial charge in [0.1, 0.15) is 0 Å². The zero-order chi connectivity index (χ0) is 10.8. The molecule has 1 aromatic rings. The zero-order valence-corrected chi connectivity index (χ0v) is 9.39. The quantitative estimate of drug-likeness (QED) is 0.820. The third-order valence-electron chi connectivity index (χ3n) is 3.00. The summed E-state index contributed by atoms with van der Waals surface area (Å²) in [7, 11) is 0. The molecule has 0 aromatic carbocycles. The molecule has 1 aliphatic heterocycles. The van der Waals surface area contributed by atoms with Crippen molar-refractivity contribution in [2.24, 2.45) is 11.7 Å². The Morgan fingerprint density at radius 2 is 2.47 bits per heavy atom. The van der Waals surface area contributed by atoms with Gasteiger partial charge in [-0.25, -0.2) is 0 Å². The van der Waals surface area contributed by atoms with Gasteiger partial charge in [-0.3, -0.25) is 4.68 Å². The molecule has 2 heterocycles. The van der Waals surface area contributed by atoms with E-state index >= 15 is 0 Å². The van der Waals surface area contributed by atoms with Crippen LogP contribution in [0.15, 0.2) is 12.4 Å². The maximum Gasteiger partial charge on any atom is 0.0896 e. The van der Waals surface area contributed by atoms with E-state index in [0.717, 1.165) is 18.6 Å². The molecule has 0 aliphatic carbocycles. The topological polar surface area (TPSA) is 53.1 Å². The highest BCUT2D eigenvalue weighted by Gasteiger charge is 2.29. The zero-order valence-electron chi connectivity index (χ0n) is 9.39. The van der Waals surface area contributed by atoms with Crippen LogP contribution in [0.3, 0.4) is 0 Å². The lowest BCUT2D eigenvalue weighted by Crippen LogP contribution is -2.17. The minimum absolute atomic E-state index is 0.155. The molecule has 2 rings (SSSR count). The lowest BCUT2D eigenvalue weighted by Gasteiger charge is -2.14. The minimum atomic E-state index is 0.155. The summed E-state index contributed by atoms with van der Waals surface area (Å²) in [5, 5.41) is 4.32. The van der Waals surface area contributed by atoms with E-state index in [2.05, 4.69) is 25.1 Å². The van der Waals surface area contributed by atoms with Crippen molar-refractivity contribution < 1.29 is 4.74 Å². The van der Waals surface area contributed by atoms with Crippen LogP contribution in [-0.4, -0.2) is 22.9 Å². The van der Waals surface area contributed by atoms with Crippen molar-refractivity contribution in [1.29, 1.82) is 0 Å². The predicted octanol–water partition coefficient (Wildman–Crippen LogP) is 1.50. The molecule has 2 unspecified atom stereocenters. The van der Waals surface area contributed by atoms with Crippen molar-refractivity contribution in [2.45, 2.75) is 32.4 Å². The van der Waals surface area contributed by atoms with Crippen LogP contribution in [0.25, 0.3) is 0 Å². The summed E-state index contributed by atoms with van der Waals surface area (Å²) in [6.07, 6.45) is 5.19. The summed E-state index contributed by atoms with van der Waals surface area (Å²) >= 11 is 0. The van der Waals surface area contributed by atoms with Gasteiger partial charge >= 0.3 is 0 Å². The first kappa shape index (κ1) is 10.6. The van der Waals surface area contributed by atoms with E-state index in [1.165, 1.54) is 0 Å². The number of nitrogens with zero attached hydrogens (tertiary/aromatic N) is 2. The molecule has 1 aromatic heterocycles. The van der Waals surface area contributed by atoms with Gasteiger partial charge in [0, 0.05) is 30.3 Å². The first-order valence-electron chi connectivity index (χ1n) is 5.58. The fraction of sp³-hybridized carbons (Fsp3) is 0.727. The van der Waals surface area contributed by atoms with Gasteiger partial charge in [0.2, 0.25) is 0 Å². The number of rotatable bonds is 3. The van der Waals surface area contributed by atoms with Crippen LogP contribution >= 0.6 is 0 Å². The van der Waals surface area contributed by atoms with Crippen LogP contribution in [0.2, 0.25) is 0 Å². The fourth-order valence-electron chi connectivity index (χ4n) is 2.03. The van der Waals surface area contributed by atoms with E-state index in [-0.39, 0.29) is 6.10 Å². The molecule has 1 saturated heterocycles. The van der Waals surface area contributed by atoms with Crippen molar-refractivity contribution >= 4 is 0 Å². The Morgan fingerprint density at radius 3 is 3.07 bits per heavy atom.